The summed E-state index contributed by atoms with van der Waals surface area (Å²) in [5.41, 5.74) is 15.7. The summed E-state index contributed by atoms with van der Waals surface area (Å²) in [4.78, 5) is 0. The first-order chi connectivity index (χ1) is 23.9. The molecule has 4 aliphatic rings. The lowest BCUT2D eigenvalue weighted by molar-refractivity contribution is -0.899. The molecule has 2 aliphatic carbocycles. The summed E-state index contributed by atoms with van der Waals surface area (Å²) in [6.45, 7) is 9.71. The topological polar surface area (TPSA) is 0 Å². The Morgan fingerprint density at radius 3 is 1.64 bits per heavy atom. The van der Waals surface area contributed by atoms with Crippen LogP contribution in [0.15, 0.2) is 84.9 Å². The SMILES string of the molecule is Cc1ccc2c(c1)C1(CCCCC1)c1cc(C3(c4ccc(CCc5ccc(C6(C)CCC[N+](C)(C)C6)cc5)cc4)CCC[N+](C)(C)C3)ccc1-2. The Morgan fingerprint density at radius 2 is 1.02 bits per heavy atom. The number of quaternary nitrogens is 2. The lowest BCUT2D eigenvalue weighted by Gasteiger charge is -2.47. The molecule has 0 aromatic heterocycles. The van der Waals surface area contributed by atoms with Gasteiger partial charge in [0.15, 0.2) is 0 Å². The van der Waals surface area contributed by atoms with E-state index in [0.29, 0.717) is 0 Å². The summed E-state index contributed by atoms with van der Waals surface area (Å²) in [6.07, 6.45) is 14.0. The predicted octanol–water partition coefficient (Wildman–Crippen LogP) is 10.3. The van der Waals surface area contributed by atoms with Crippen LogP contribution in [0.25, 0.3) is 11.1 Å². The van der Waals surface area contributed by atoms with Gasteiger partial charge in [-0.25, -0.2) is 0 Å². The molecule has 3 fully saturated rings. The smallest absolute Gasteiger partial charge is 0.0922 e. The van der Waals surface area contributed by atoms with Crippen LogP contribution in [0.3, 0.4) is 0 Å². The highest BCUT2D eigenvalue weighted by molar-refractivity contribution is 5.82. The first-order valence-electron chi connectivity index (χ1n) is 20.0. The van der Waals surface area contributed by atoms with Crippen molar-refractivity contribution in [2.24, 2.45) is 0 Å². The van der Waals surface area contributed by atoms with Crippen molar-refractivity contribution >= 4 is 0 Å². The van der Waals surface area contributed by atoms with Crippen molar-refractivity contribution in [2.75, 3.05) is 54.4 Å². The van der Waals surface area contributed by atoms with Crippen LogP contribution in [0.1, 0.15) is 109 Å². The van der Waals surface area contributed by atoms with E-state index in [4.69, 9.17) is 0 Å². The number of piperidine rings is 2. The predicted molar refractivity (Wildman–Crippen MR) is 211 cm³/mol. The molecule has 0 radical (unpaired) electrons. The molecule has 0 amide bonds. The molecular formula is C48H62N2+2. The van der Waals surface area contributed by atoms with E-state index in [1.165, 1.54) is 116 Å². The summed E-state index contributed by atoms with van der Waals surface area (Å²) >= 11 is 0. The van der Waals surface area contributed by atoms with Crippen LogP contribution >= 0.6 is 0 Å². The van der Waals surface area contributed by atoms with Crippen LogP contribution in [0.2, 0.25) is 0 Å². The summed E-state index contributed by atoms with van der Waals surface area (Å²) in [6, 6.07) is 34.7. The monoisotopic (exact) mass is 666 g/mol. The molecule has 1 spiro atoms. The molecule has 262 valence electrons. The number of nitrogens with zero attached hydrogens (tertiary/aromatic N) is 2. The van der Waals surface area contributed by atoms with Crippen LogP contribution in [0.4, 0.5) is 0 Å². The standard InChI is InChI=1S/C48H62N2/c1-36-12-24-42-43-25-23-41(33-45(43)47(44(42)32-36)27-8-7-9-28-47)48(29-11-31-50(5,6)35-48)40-21-17-38(18-22-40)14-13-37-15-19-39(20-16-37)46(2)26-10-30-49(3,4)34-46/h12,15-25,32-33H,7-11,13-14,26-31,34-35H2,1-6H3/q+2. The summed E-state index contributed by atoms with van der Waals surface area (Å²) in [5, 5.41) is 0. The number of fused-ring (bicyclic) bond motifs is 5. The molecule has 2 saturated heterocycles. The first kappa shape index (κ1) is 33.9. The van der Waals surface area contributed by atoms with Crippen molar-refractivity contribution in [2.45, 2.75) is 101 Å². The highest BCUT2D eigenvalue weighted by atomic mass is 15.3. The molecule has 0 N–H and O–H groups in total. The molecular weight excluding hydrogens is 605 g/mol. The average molecular weight is 667 g/mol. The molecule has 50 heavy (non-hydrogen) atoms. The molecule has 4 aromatic rings. The normalized spacial score (nSPS) is 26.4. The van der Waals surface area contributed by atoms with Crippen LogP contribution < -0.4 is 0 Å². The number of rotatable bonds is 6. The Kier molecular flexibility index (Phi) is 8.47. The number of likely N-dealkylation sites (N-methyl/N-ethyl adjacent to an activating group) is 2. The fourth-order valence-electron chi connectivity index (χ4n) is 11.5. The average Bonchev–Trinajstić information content (AvgIpc) is 3.34. The molecule has 1 saturated carbocycles. The molecule has 2 unspecified atom stereocenters. The molecule has 2 atom stereocenters. The second-order valence-corrected chi connectivity index (χ2v) is 18.8. The van der Waals surface area contributed by atoms with Gasteiger partial charge < -0.3 is 8.97 Å². The zero-order valence-electron chi connectivity index (χ0n) is 32.1. The second-order valence-electron chi connectivity index (χ2n) is 18.8. The van der Waals surface area contributed by atoms with Crippen molar-refractivity contribution in [1.29, 1.82) is 0 Å². The molecule has 0 bridgehead atoms. The van der Waals surface area contributed by atoms with Gasteiger partial charge >= 0.3 is 0 Å². The number of benzene rings is 4. The van der Waals surface area contributed by atoms with Crippen LogP contribution in [0.5, 0.6) is 0 Å². The Labute approximate surface area is 303 Å². The van der Waals surface area contributed by atoms with Crippen molar-refractivity contribution < 1.29 is 8.97 Å². The third kappa shape index (κ3) is 5.99. The van der Waals surface area contributed by atoms with E-state index in [-0.39, 0.29) is 16.2 Å². The van der Waals surface area contributed by atoms with E-state index < -0.39 is 0 Å². The van der Waals surface area contributed by atoms with Crippen molar-refractivity contribution in [1.82, 2.24) is 0 Å². The highest BCUT2D eigenvalue weighted by Crippen LogP contribution is 2.57. The van der Waals surface area contributed by atoms with Crippen molar-refractivity contribution in [3.63, 3.8) is 0 Å². The molecule has 2 nitrogen and oxygen atoms in total. The summed E-state index contributed by atoms with van der Waals surface area (Å²) in [5.74, 6) is 0. The summed E-state index contributed by atoms with van der Waals surface area (Å²) < 4.78 is 2.21. The van der Waals surface area contributed by atoms with E-state index in [2.05, 4.69) is 127 Å². The van der Waals surface area contributed by atoms with Gasteiger partial charge in [-0.15, -0.1) is 0 Å². The number of likely N-dealkylation sites (tertiary alicyclic amines) is 2. The van der Waals surface area contributed by atoms with Gasteiger partial charge in [0, 0.05) is 10.8 Å². The Bertz CT molecular complexity index is 1860. The van der Waals surface area contributed by atoms with E-state index in [1.807, 2.05) is 0 Å². The molecule has 2 heteroatoms. The minimum absolute atomic E-state index is 0.0359. The molecule has 8 rings (SSSR count). The van der Waals surface area contributed by atoms with E-state index in [1.54, 1.807) is 16.7 Å². The van der Waals surface area contributed by atoms with Gasteiger partial charge in [-0.05, 0) is 108 Å². The van der Waals surface area contributed by atoms with Crippen molar-refractivity contribution in [3.05, 3.63) is 129 Å². The largest absolute Gasteiger partial charge is 0.328 e. The van der Waals surface area contributed by atoms with Gasteiger partial charge in [-0.3, -0.25) is 0 Å². The fourth-order valence-corrected chi connectivity index (χ4v) is 11.5. The molecule has 2 aliphatic heterocycles. The van der Waals surface area contributed by atoms with Crippen LogP contribution in [-0.2, 0) is 29.1 Å². The number of hydrogen-bond acceptors (Lipinski definition) is 0. The Morgan fingerprint density at radius 1 is 0.500 bits per heavy atom. The molecule has 2 heterocycles. The number of aryl methyl sites for hydroxylation is 3. The maximum absolute atomic E-state index is 2.71. The van der Waals surface area contributed by atoms with Gasteiger partial charge in [0.2, 0.25) is 0 Å². The Hall–Kier alpha value is -3.20. The highest BCUT2D eigenvalue weighted by Gasteiger charge is 2.48. The van der Waals surface area contributed by atoms with Gasteiger partial charge in [-0.2, -0.15) is 0 Å². The van der Waals surface area contributed by atoms with Gasteiger partial charge in [0.05, 0.1) is 59.8 Å². The van der Waals surface area contributed by atoms with E-state index in [0.717, 1.165) is 28.4 Å². The maximum atomic E-state index is 2.71. The quantitative estimate of drug-likeness (QED) is 0.180. The Balaban J connectivity index is 1.07. The lowest BCUT2D eigenvalue weighted by atomic mass is 9.65. The van der Waals surface area contributed by atoms with Crippen LogP contribution in [0, 0.1) is 6.92 Å². The third-order valence-electron chi connectivity index (χ3n) is 14.0. The lowest BCUT2D eigenvalue weighted by Crippen LogP contribution is -2.55. The van der Waals surface area contributed by atoms with Gasteiger partial charge in [0.1, 0.15) is 0 Å². The van der Waals surface area contributed by atoms with Crippen molar-refractivity contribution in [3.8, 4) is 11.1 Å². The summed E-state index contributed by atoms with van der Waals surface area (Å²) in [7, 11) is 9.70. The number of hydrogen-bond donors (Lipinski definition) is 0. The van der Waals surface area contributed by atoms with E-state index in [9.17, 15) is 0 Å². The zero-order valence-corrected chi connectivity index (χ0v) is 32.1. The molecule has 4 aromatic carbocycles. The van der Waals surface area contributed by atoms with E-state index >= 15 is 0 Å². The zero-order chi connectivity index (χ0) is 34.8. The second kappa shape index (κ2) is 12.5. The third-order valence-corrected chi connectivity index (χ3v) is 14.0. The minimum Gasteiger partial charge on any atom is -0.328 e. The maximum Gasteiger partial charge on any atom is 0.0922 e. The first-order valence-corrected chi connectivity index (χ1v) is 20.0. The fraction of sp³-hybridized carbons (Fsp3) is 0.500. The van der Waals surface area contributed by atoms with Crippen LogP contribution in [-0.4, -0.2) is 63.3 Å². The van der Waals surface area contributed by atoms with Gasteiger partial charge in [0.25, 0.3) is 0 Å². The minimum atomic E-state index is 0.0359. The van der Waals surface area contributed by atoms with Gasteiger partial charge in [-0.1, -0.05) is 117 Å².